The van der Waals surface area contributed by atoms with Gasteiger partial charge in [0.2, 0.25) is 5.91 Å². The topological polar surface area (TPSA) is 111 Å². The van der Waals surface area contributed by atoms with E-state index in [2.05, 4.69) is 51.3 Å². The molecule has 4 unspecified atom stereocenters. The quantitative estimate of drug-likeness (QED) is 0.246. The molecule has 9 nitrogen and oxygen atoms in total. The summed E-state index contributed by atoms with van der Waals surface area (Å²) in [5, 5.41) is 23.9. The Morgan fingerprint density at radius 1 is 1.22 bits per heavy atom. The summed E-state index contributed by atoms with van der Waals surface area (Å²) in [7, 11) is 3.97. The lowest BCUT2D eigenvalue weighted by Gasteiger charge is -2.33. The maximum Gasteiger partial charge on any atom is 0.224 e. The second-order valence-electron chi connectivity index (χ2n) is 10.9. The maximum atomic E-state index is 12.7. The van der Waals surface area contributed by atoms with E-state index in [1.54, 1.807) is 0 Å². The molecule has 0 radical (unpaired) electrons. The summed E-state index contributed by atoms with van der Waals surface area (Å²) in [6, 6.07) is 12.0. The first kappa shape index (κ1) is 30.5. The fourth-order valence-electron chi connectivity index (χ4n) is 5.11. The largest absolute Gasteiger partial charge is 0.492 e. The average Bonchev–Trinajstić information content (AvgIpc) is 2.93. The van der Waals surface area contributed by atoms with Crippen molar-refractivity contribution < 1.29 is 14.3 Å². The van der Waals surface area contributed by atoms with Gasteiger partial charge in [-0.2, -0.15) is 5.26 Å². The van der Waals surface area contributed by atoms with Gasteiger partial charge in [0.05, 0.1) is 41.4 Å². The third-order valence-corrected chi connectivity index (χ3v) is 7.47. The average molecular weight is 581 g/mol. The van der Waals surface area contributed by atoms with E-state index in [0.717, 1.165) is 36.3 Å². The number of anilines is 3. The molecule has 0 bridgehead atoms. The minimum absolute atomic E-state index is 0.0754. The molecule has 0 spiro atoms. The summed E-state index contributed by atoms with van der Waals surface area (Å²) in [6.45, 7) is 6.30. The lowest BCUT2D eigenvalue weighted by atomic mass is 9.88. The number of carbonyl (C=O) groups excluding carboxylic acids is 1. The first-order valence-corrected chi connectivity index (χ1v) is 14.7. The van der Waals surface area contributed by atoms with Gasteiger partial charge in [0, 0.05) is 42.0 Å². The van der Waals surface area contributed by atoms with E-state index in [0.29, 0.717) is 54.4 Å². The third kappa shape index (κ3) is 8.29. The third-order valence-electron chi connectivity index (χ3n) is 7.18. The summed E-state index contributed by atoms with van der Waals surface area (Å²) in [4.78, 5) is 14.8. The van der Waals surface area contributed by atoms with E-state index in [1.807, 2.05) is 51.4 Å². The minimum atomic E-state index is -0.357. The molecule has 2 aromatic carbocycles. The molecule has 2 aliphatic rings. The number of halogens is 1. The number of nitriles is 1. The molecule has 10 heteroatoms. The standard InChI is InChI=1S/C31H41ClN6O3/c1-5-40-29-16-26-24(15-27(29)37-30(39)10-7-13-38(3)4)31(21(17-33)18-34-26)36-22-11-12-28(25(32)14-22)41-19-23-9-6-8-20(2)35-23/h6,9,11-12,14-16,20-21,23,31,34-36H,5,7-8,10,13,18-19H2,1-4H3,(H,37,39). The smallest absolute Gasteiger partial charge is 0.224 e. The molecule has 2 aliphatic heterocycles. The Morgan fingerprint density at radius 2 is 2.05 bits per heavy atom. The summed E-state index contributed by atoms with van der Waals surface area (Å²) < 4.78 is 11.9. The van der Waals surface area contributed by atoms with Crippen molar-refractivity contribution in [1.82, 2.24) is 10.2 Å². The highest BCUT2D eigenvalue weighted by molar-refractivity contribution is 6.32. The summed E-state index contributed by atoms with van der Waals surface area (Å²) in [5.74, 6) is 0.766. The Balaban J connectivity index is 1.52. The van der Waals surface area contributed by atoms with Crippen molar-refractivity contribution >= 4 is 34.6 Å². The number of hydrogen-bond donors (Lipinski definition) is 4. The molecular weight excluding hydrogens is 540 g/mol. The van der Waals surface area contributed by atoms with Crippen LogP contribution in [0.2, 0.25) is 5.02 Å². The van der Waals surface area contributed by atoms with E-state index in [-0.39, 0.29) is 23.9 Å². The van der Waals surface area contributed by atoms with Crippen molar-refractivity contribution in [2.24, 2.45) is 5.92 Å². The highest BCUT2D eigenvalue weighted by Crippen LogP contribution is 2.42. The zero-order valence-electron chi connectivity index (χ0n) is 24.3. The van der Waals surface area contributed by atoms with Crippen molar-refractivity contribution in [2.45, 2.75) is 51.2 Å². The van der Waals surface area contributed by atoms with Gasteiger partial charge >= 0.3 is 0 Å². The predicted molar refractivity (Wildman–Crippen MR) is 165 cm³/mol. The van der Waals surface area contributed by atoms with Crippen LogP contribution in [0, 0.1) is 17.2 Å². The van der Waals surface area contributed by atoms with Crippen molar-refractivity contribution in [2.75, 3.05) is 56.3 Å². The van der Waals surface area contributed by atoms with Crippen LogP contribution in [0.5, 0.6) is 11.5 Å². The molecular formula is C31H41ClN6O3. The fraction of sp³-hybridized carbons (Fsp3) is 0.484. The lowest BCUT2D eigenvalue weighted by molar-refractivity contribution is -0.116. The highest BCUT2D eigenvalue weighted by Gasteiger charge is 2.31. The van der Waals surface area contributed by atoms with Gasteiger partial charge in [-0.1, -0.05) is 23.8 Å². The van der Waals surface area contributed by atoms with Crippen molar-refractivity contribution in [1.29, 1.82) is 5.26 Å². The SMILES string of the molecule is CCOc1cc2c(cc1NC(=O)CCCN(C)C)C(Nc1ccc(OCC3C=CCC(C)N3)c(Cl)c1)C(C#N)CN2. The molecule has 220 valence electrons. The van der Waals surface area contributed by atoms with Crippen LogP contribution in [-0.4, -0.2) is 63.3 Å². The van der Waals surface area contributed by atoms with Crippen molar-refractivity contribution in [3.63, 3.8) is 0 Å². The number of rotatable bonds is 12. The summed E-state index contributed by atoms with van der Waals surface area (Å²) in [5.41, 5.74) is 3.09. The monoisotopic (exact) mass is 580 g/mol. The van der Waals surface area contributed by atoms with Gasteiger partial charge in [-0.3, -0.25) is 4.79 Å². The lowest BCUT2D eigenvalue weighted by Crippen LogP contribution is -2.41. The number of ether oxygens (including phenoxy) is 2. The van der Waals surface area contributed by atoms with Gasteiger partial charge in [-0.25, -0.2) is 0 Å². The second kappa shape index (κ2) is 14.4. The highest BCUT2D eigenvalue weighted by atomic mass is 35.5. The van der Waals surface area contributed by atoms with Gasteiger partial charge in [-0.05, 0) is 71.6 Å². The summed E-state index contributed by atoms with van der Waals surface area (Å²) in [6.07, 6.45) is 6.46. The molecule has 41 heavy (non-hydrogen) atoms. The maximum absolute atomic E-state index is 12.7. The number of carbonyl (C=O) groups is 1. The van der Waals surface area contributed by atoms with E-state index in [1.165, 1.54) is 0 Å². The molecule has 4 rings (SSSR count). The number of amides is 1. The van der Waals surface area contributed by atoms with E-state index in [4.69, 9.17) is 21.1 Å². The second-order valence-corrected chi connectivity index (χ2v) is 11.3. The van der Waals surface area contributed by atoms with E-state index in [9.17, 15) is 10.1 Å². The predicted octanol–water partition coefficient (Wildman–Crippen LogP) is 5.42. The van der Waals surface area contributed by atoms with Crippen LogP contribution >= 0.6 is 11.6 Å². The van der Waals surface area contributed by atoms with Crippen LogP contribution in [0.15, 0.2) is 42.5 Å². The minimum Gasteiger partial charge on any atom is -0.492 e. The Bertz CT molecular complexity index is 1280. The number of nitrogens with zero attached hydrogens (tertiary/aromatic N) is 2. The van der Waals surface area contributed by atoms with Crippen LogP contribution in [0.1, 0.15) is 44.7 Å². The first-order chi connectivity index (χ1) is 19.8. The number of fused-ring (bicyclic) bond motifs is 1. The Morgan fingerprint density at radius 3 is 2.76 bits per heavy atom. The zero-order chi connectivity index (χ0) is 29.4. The molecule has 0 aromatic heterocycles. The molecule has 2 heterocycles. The van der Waals surface area contributed by atoms with E-state index < -0.39 is 0 Å². The molecule has 4 atom stereocenters. The Kier molecular flexibility index (Phi) is 10.7. The zero-order valence-corrected chi connectivity index (χ0v) is 25.1. The Labute approximate surface area is 248 Å². The summed E-state index contributed by atoms with van der Waals surface area (Å²) >= 11 is 6.62. The molecule has 2 aromatic rings. The van der Waals surface area contributed by atoms with Crippen molar-refractivity contribution in [3.8, 4) is 17.6 Å². The Hall–Kier alpha value is -3.45. The van der Waals surface area contributed by atoms with Gasteiger partial charge in [-0.15, -0.1) is 0 Å². The van der Waals surface area contributed by atoms with E-state index >= 15 is 0 Å². The number of benzene rings is 2. The molecule has 0 aliphatic carbocycles. The van der Waals surface area contributed by atoms with Gasteiger partial charge in [0.25, 0.3) is 0 Å². The molecule has 0 fully saturated rings. The van der Waals surface area contributed by atoms with Crippen LogP contribution in [0.3, 0.4) is 0 Å². The van der Waals surface area contributed by atoms with Crippen LogP contribution in [-0.2, 0) is 4.79 Å². The number of nitrogens with one attached hydrogen (secondary N) is 4. The molecule has 1 amide bonds. The van der Waals surface area contributed by atoms with Crippen LogP contribution in [0.25, 0.3) is 0 Å². The molecule has 0 saturated carbocycles. The van der Waals surface area contributed by atoms with Crippen LogP contribution < -0.4 is 30.7 Å². The fourth-order valence-corrected chi connectivity index (χ4v) is 5.34. The number of hydrogen-bond acceptors (Lipinski definition) is 8. The van der Waals surface area contributed by atoms with Gasteiger partial charge in [0.1, 0.15) is 18.1 Å². The normalized spacial score (nSPS) is 21.4. The van der Waals surface area contributed by atoms with Gasteiger partial charge in [0.15, 0.2) is 0 Å². The molecule has 0 saturated heterocycles. The van der Waals surface area contributed by atoms with Crippen LogP contribution in [0.4, 0.5) is 17.1 Å². The first-order valence-electron chi connectivity index (χ1n) is 14.3. The van der Waals surface area contributed by atoms with Gasteiger partial charge < -0.3 is 35.6 Å². The van der Waals surface area contributed by atoms with Crippen molar-refractivity contribution in [3.05, 3.63) is 53.1 Å². The molecule has 4 N–H and O–H groups in total.